The number of rotatable bonds is 4. The van der Waals surface area contributed by atoms with E-state index in [-0.39, 0.29) is 5.97 Å². The van der Waals surface area contributed by atoms with Gasteiger partial charge in [-0.05, 0) is 47.1 Å². The van der Waals surface area contributed by atoms with Crippen LogP contribution in [0.4, 0.5) is 0 Å². The zero-order chi connectivity index (χ0) is 16.1. The van der Waals surface area contributed by atoms with Gasteiger partial charge in [0.1, 0.15) is 5.75 Å². The van der Waals surface area contributed by atoms with Crippen molar-refractivity contribution in [3.63, 3.8) is 0 Å². The van der Waals surface area contributed by atoms with Gasteiger partial charge >= 0.3 is 5.97 Å². The van der Waals surface area contributed by atoms with E-state index in [1.807, 2.05) is 54.6 Å². The van der Waals surface area contributed by atoms with Crippen molar-refractivity contribution >= 4 is 15.2 Å². The third-order valence-corrected chi connectivity index (χ3v) is 4.07. The molecule has 0 fully saturated rings. The van der Waals surface area contributed by atoms with Gasteiger partial charge in [0, 0.05) is 0 Å². The molecule has 0 N–H and O–H groups in total. The zero-order valence-electron chi connectivity index (χ0n) is 12.6. The second-order valence-corrected chi connectivity index (χ2v) is 5.59. The van der Waals surface area contributed by atoms with Crippen molar-refractivity contribution in [1.82, 2.24) is 0 Å². The van der Waals surface area contributed by atoms with Crippen LogP contribution in [0.2, 0.25) is 0 Å². The summed E-state index contributed by atoms with van der Waals surface area (Å²) in [5, 5.41) is 0. The number of esters is 1. The van der Waals surface area contributed by atoms with Crippen molar-refractivity contribution in [2.45, 2.75) is 6.16 Å². The van der Waals surface area contributed by atoms with Crippen LogP contribution in [-0.4, -0.2) is 5.97 Å². The fourth-order valence-corrected chi connectivity index (χ4v) is 2.56. The molecule has 0 aliphatic heterocycles. The molecule has 0 saturated carbocycles. The first-order chi connectivity index (χ1) is 11.3. The maximum Gasteiger partial charge on any atom is 0.343 e. The fraction of sp³-hybridized carbons (Fsp3) is 0.0500. The summed E-state index contributed by atoms with van der Waals surface area (Å²) in [6.45, 7) is 0. The Bertz CT molecular complexity index is 778. The van der Waals surface area contributed by atoms with Crippen LogP contribution in [0.3, 0.4) is 0 Å². The van der Waals surface area contributed by atoms with Crippen LogP contribution in [0, 0.1) is 0 Å². The van der Waals surface area contributed by atoms with Crippen LogP contribution in [0.15, 0.2) is 78.9 Å². The monoisotopic (exact) mass is 320 g/mol. The minimum atomic E-state index is -0.340. The predicted molar refractivity (Wildman–Crippen MR) is 96.7 cm³/mol. The number of hydrogen-bond acceptors (Lipinski definition) is 2. The number of benzene rings is 3. The summed E-state index contributed by atoms with van der Waals surface area (Å²) in [6, 6.07) is 25.1. The number of hydrogen-bond donors (Lipinski definition) is 0. The normalized spacial score (nSPS) is 10.3. The van der Waals surface area contributed by atoms with Crippen LogP contribution >= 0.6 is 9.24 Å². The third-order valence-electron chi connectivity index (χ3n) is 3.60. The average Bonchev–Trinajstić information content (AvgIpc) is 2.63. The predicted octanol–water partition coefficient (Wildman–Crippen LogP) is 4.95. The topological polar surface area (TPSA) is 26.3 Å². The van der Waals surface area contributed by atoms with Crippen molar-refractivity contribution < 1.29 is 9.53 Å². The van der Waals surface area contributed by atoms with Gasteiger partial charge in [0.25, 0.3) is 0 Å². The van der Waals surface area contributed by atoms with E-state index in [0.717, 1.165) is 17.3 Å². The van der Waals surface area contributed by atoms with Gasteiger partial charge in [-0.25, -0.2) is 4.79 Å². The quantitative estimate of drug-likeness (QED) is 0.386. The Hall–Kier alpha value is -2.44. The molecule has 0 amide bonds. The Kier molecular flexibility index (Phi) is 4.85. The van der Waals surface area contributed by atoms with E-state index in [4.69, 9.17) is 4.74 Å². The molecule has 0 bridgehead atoms. The molecular formula is C20H17O2P. The molecule has 0 radical (unpaired) electrons. The number of ether oxygens (including phenoxy) is 1. The van der Waals surface area contributed by atoms with E-state index in [9.17, 15) is 4.79 Å². The van der Waals surface area contributed by atoms with E-state index in [1.165, 1.54) is 5.56 Å². The van der Waals surface area contributed by atoms with Crippen molar-refractivity contribution in [1.29, 1.82) is 0 Å². The van der Waals surface area contributed by atoms with Gasteiger partial charge in [0.2, 0.25) is 0 Å². The van der Waals surface area contributed by atoms with Crippen molar-refractivity contribution in [3.05, 3.63) is 90.0 Å². The lowest BCUT2D eigenvalue weighted by atomic mass is 10.1. The lowest BCUT2D eigenvalue weighted by molar-refractivity contribution is 0.0735. The molecule has 3 rings (SSSR count). The van der Waals surface area contributed by atoms with Crippen LogP contribution < -0.4 is 4.74 Å². The Morgan fingerprint density at radius 3 is 2.00 bits per heavy atom. The average molecular weight is 320 g/mol. The van der Waals surface area contributed by atoms with Crippen molar-refractivity contribution in [2.75, 3.05) is 0 Å². The molecule has 3 aromatic carbocycles. The summed E-state index contributed by atoms with van der Waals surface area (Å²) in [6.07, 6.45) is 0.871. The van der Waals surface area contributed by atoms with Crippen molar-refractivity contribution in [3.8, 4) is 16.9 Å². The molecule has 0 aliphatic carbocycles. The molecule has 2 nitrogen and oxygen atoms in total. The Morgan fingerprint density at radius 1 is 0.783 bits per heavy atom. The summed E-state index contributed by atoms with van der Waals surface area (Å²) in [4.78, 5) is 12.1. The van der Waals surface area contributed by atoms with E-state index < -0.39 is 0 Å². The number of carbonyl (C=O) groups excluding carboxylic acids is 1. The molecule has 1 atom stereocenters. The Labute approximate surface area is 138 Å². The van der Waals surface area contributed by atoms with Crippen LogP contribution in [0.1, 0.15) is 15.9 Å². The molecule has 0 spiro atoms. The SMILES string of the molecule is O=C(Oc1ccc(-c2ccccc2)cc1)c1ccc(CP)cc1. The van der Waals surface area contributed by atoms with Gasteiger partial charge in [-0.15, -0.1) is 9.24 Å². The maximum absolute atomic E-state index is 12.1. The summed E-state index contributed by atoms with van der Waals surface area (Å²) >= 11 is 0. The molecule has 1 unspecified atom stereocenters. The fourth-order valence-electron chi connectivity index (χ4n) is 2.29. The van der Waals surface area contributed by atoms with Crippen LogP contribution in [0.25, 0.3) is 11.1 Å². The molecule has 3 heteroatoms. The second-order valence-electron chi connectivity index (χ2n) is 5.18. The van der Waals surface area contributed by atoms with E-state index in [1.54, 1.807) is 12.1 Å². The maximum atomic E-state index is 12.1. The molecule has 0 aliphatic rings. The molecule has 0 aromatic heterocycles. The van der Waals surface area contributed by atoms with E-state index >= 15 is 0 Å². The summed E-state index contributed by atoms with van der Waals surface area (Å²) in [7, 11) is 2.66. The summed E-state index contributed by atoms with van der Waals surface area (Å²) < 4.78 is 5.42. The summed E-state index contributed by atoms with van der Waals surface area (Å²) in [5.41, 5.74) is 3.95. The molecule has 0 heterocycles. The molecule has 0 saturated heterocycles. The van der Waals surface area contributed by atoms with Gasteiger partial charge < -0.3 is 4.74 Å². The lowest BCUT2D eigenvalue weighted by Crippen LogP contribution is -2.08. The van der Waals surface area contributed by atoms with Gasteiger partial charge in [0.05, 0.1) is 5.56 Å². The summed E-state index contributed by atoms with van der Waals surface area (Å²) in [5.74, 6) is 0.206. The third kappa shape index (κ3) is 3.85. The second kappa shape index (κ2) is 7.21. The first-order valence-electron chi connectivity index (χ1n) is 7.43. The Balaban J connectivity index is 1.71. The first-order valence-corrected chi connectivity index (χ1v) is 8.24. The van der Waals surface area contributed by atoms with Crippen LogP contribution in [-0.2, 0) is 6.16 Å². The van der Waals surface area contributed by atoms with E-state index in [2.05, 4.69) is 21.4 Å². The standard InChI is InChI=1S/C20H17O2P/c21-20(18-8-6-15(14-23)7-9-18)22-19-12-10-17(11-13-19)16-4-2-1-3-5-16/h1-13H,14,23H2. The highest BCUT2D eigenvalue weighted by Crippen LogP contribution is 2.22. The smallest absolute Gasteiger partial charge is 0.343 e. The zero-order valence-corrected chi connectivity index (χ0v) is 13.8. The lowest BCUT2D eigenvalue weighted by Gasteiger charge is -2.06. The van der Waals surface area contributed by atoms with Gasteiger partial charge in [-0.2, -0.15) is 0 Å². The minimum Gasteiger partial charge on any atom is -0.423 e. The molecule has 3 aromatic rings. The van der Waals surface area contributed by atoms with E-state index in [0.29, 0.717) is 11.3 Å². The highest BCUT2D eigenvalue weighted by Gasteiger charge is 2.08. The van der Waals surface area contributed by atoms with Crippen molar-refractivity contribution in [2.24, 2.45) is 0 Å². The Morgan fingerprint density at radius 2 is 1.39 bits per heavy atom. The largest absolute Gasteiger partial charge is 0.423 e. The molecule has 23 heavy (non-hydrogen) atoms. The van der Waals surface area contributed by atoms with Crippen LogP contribution in [0.5, 0.6) is 5.75 Å². The minimum absolute atomic E-state index is 0.340. The van der Waals surface area contributed by atoms with Gasteiger partial charge in [-0.1, -0.05) is 54.6 Å². The molecule has 114 valence electrons. The highest BCUT2D eigenvalue weighted by molar-refractivity contribution is 7.15. The molecular weight excluding hydrogens is 303 g/mol. The number of carbonyl (C=O) groups is 1. The van der Waals surface area contributed by atoms with Gasteiger partial charge in [0.15, 0.2) is 0 Å². The van der Waals surface area contributed by atoms with Gasteiger partial charge in [-0.3, -0.25) is 0 Å². The first kappa shape index (κ1) is 15.5. The highest BCUT2D eigenvalue weighted by atomic mass is 31.0.